The highest BCUT2D eigenvalue weighted by atomic mass is 32.1. The number of rotatable bonds is 8. The number of carbonyl (C=O) groups is 4. The van der Waals surface area contributed by atoms with Crippen LogP contribution in [0, 0.1) is 10.1 Å². The number of primary amides is 1. The van der Waals surface area contributed by atoms with Crippen LogP contribution in [0.4, 0.5) is 10.7 Å². The van der Waals surface area contributed by atoms with Crippen molar-refractivity contribution in [1.29, 1.82) is 0 Å². The summed E-state index contributed by atoms with van der Waals surface area (Å²) in [6.45, 7) is -1.15. The van der Waals surface area contributed by atoms with Gasteiger partial charge in [0, 0.05) is 22.6 Å². The number of ether oxygens (including phenoxy) is 1. The van der Waals surface area contributed by atoms with Gasteiger partial charge in [-0.25, -0.2) is 0 Å². The Labute approximate surface area is 186 Å². The molecule has 0 saturated carbocycles. The van der Waals surface area contributed by atoms with Crippen LogP contribution in [0.1, 0.15) is 44.0 Å². The van der Waals surface area contributed by atoms with Crippen molar-refractivity contribution < 1.29 is 28.8 Å². The number of nitrogens with zero attached hydrogens (tertiary/aromatic N) is 1. The minimum absolute atomic E-state index is 0.00499. The molecule has 1 aliphatic carbocycles. The number of aryl methyl sites for hydroxylation is 1. The van der Waals surface area contributed by atoms with Crippen molar-refractivity contribution in [2.24, 2.45) is 5.73 Å². The molecule has 1 aliphatic rings. The Morgan fingerprint density at radius 1 is 1.19 bits per heavy atom. The summed E-state index contributed by atoms with van der Waals surface area (Å²) in [5, 5.41) is 15.9. The van der Waals surface area contributed by atoms with Gasteiger partial charge in [-0.3, -0.25) is 29.3 Å². The van der Waals surface area contributed by atoms with Crippen LogP contribution in [-0.2, 0) is 27.2 Å². The Bertz CT molecular complexity index is 1100. The van der Waals surface area contributed by atoms with Crippen molar-refractivity contribution in [2.45, 2.75) is 25.7 Å². The number of nitrogens with one attached hydrogen (secondary N) is 2. The molecule has 32 heavy (non-hydrogen) atoms. The summed E-state index contributed by atoms with van der Waals surface area (Å²) < 4.78 is 4.84. The zero-order valence-corrected chi connectivity index (χ0v) is 17.7. The predicted octanol–water partition coefficient (Wildman–Crippen LogP) is 1.55. The van der Waals surface area contributed by atoms with Crippen LogP contribution in [0.5, 0.6) is 0 Å². The maximum absolute atomic E-state index is 12.2. The third-order valence-electron chi connectivity index (χ3n) is 4.75. The predicted molar refractivity (Wildman–Crippen MR) is 114 cm³/mol. The lowest BCUT2D eigenvalue weighted by molar-refractivity contribution is -0.384. The molecular weight excluding hydrogens is 440 g/mol. The molecule has 0 atom stereocenters. The van der Waals surface area contributed by atoms with Crippen molar-refractivity contribution in [2.75, 3.05) is 18.5 Å². The minimum Gasteiger partial charge on any atom is -0.454 e. The van der Waals surface area contributed by atoms with Crippen LogP contribution < -0.4 is 16.4 Å². The number of nitro benzene ring substituents is 1. The van der Waals surface area contributed by atoms with Gasteiger partial charge in [0.25, 0.3) is 23.4 Å². The molecule has 0 spiro atoms. The molecule has 0 radical (unpaired) electrons. The first-order valence-corrected chi connectivity index (χ1v) is 10.5. The molecule has 0 fully saturated rings. The van der Waals surface area contributed by atoms with E-state index >= 15 is 0 Å². The summed E-state index contributed by atoms with van der Waals surface area (Å²) in [5.74, 6) is -2.85. The van der Waals surface area contributed by atoms with Gasteiger partial charge >= 0.3 is 5.97 Å². The molecule has 0 aliphatic heterocycles. The fourth-order valence-electron chi connectivity index (χ4n) is 3.29. The van der Waals surface area contributed by atoms with Crippen LogP contribution in [-0.4, -0.2) is 41.8 Å². The van der Waals surface area contributed by atoms with E-state index in [0.717, 1.165) is 42.2 Å². The van der Waals surface area contributed by atoms with Gasteiger partial charge in [-0.1, -0.05) is 6.07 Å². The van der Waals surface area contributed by atoms with Crippen molar-refractivity contribution in [3.63, 3.8) is 0 Å². The molecule has 0 saturated heterocycles. The Balaban J connectivity index is 1.50. The smallest absolute Gasteiger partial charge is 0.325 e. The van der Waals surface area contributed by atoms with Gasteiger partial charge < -0.3 is 21.1 Å². The molecule has 1 aromatic carbocycles. The normalized spacial score (nSPS) is 12.4. The third kappa shape index (κ3) is 5.46. The lowest BCUT2D eigenvalue weighted by Crippen LogP contribution is -2.32. The molecular formula is C20H20N4O7S. The summed E-state index contributed by atoms with van der Waals surface area (Å²) in [5.41, 5.74) is 6.38. The second-order valence-corrected chi connectivity index (χ2v) is 8.08. The number of nitro groups is 1. The maximum atomic E-state index is 12.2. The molecule has 4 N–H and O–H groups in total. The molecule has 11 nitrogen and oxygen atoms in total. The van der Waals surface area contributed by atoms with E-state index in [4.69, 9.17) is 10.5 Å². The number of non-ortho nitro benzene ring substituents is 1. The number of carbonyl (C=O) groups excluding carboxylic acids is 4. The highest BCUT2D eigenvalue weighted by Gasteiger charge is 2.25. The van der Waals surface area contributed by atoms with Crippen LogP contribution in [0.3, 0.4) is 0 Å². The van der Waals surface area contributed by atoms with Crippen molar-refractivity contribution >= 4 is 45.7 Å². The lowest BCUT2D eigenvalue weighted by Gasteiger charge is -2.11. The van der Waals surface area contributed by atoms with E-state index in [1.165, 1.54) is 29.5 Å². The zero-order chi connectivity index (χ0) is 23.3. The van der Waals surface area contributed by atoms with E-state index in [9.17, 15) is 29.3 Å². The molecule has 12 heteroatoms. The number of hydrogen-bond acceptors (Lipinski definition) is 8. The largest absolute Gasteiger partial charge is 0.454 e. The number of amides is 3. The first-order valence-electron chi connectivity index (χ1n) is 9.68. The summed E-state index contributed by atoms with van der Waals surface area (Å²) >= 11 is 1.29. The number of nitrogens with two attached hydrogens (primary N) is 1. The van der Waals surface area contributed by atoms with Crippen LogP contribution in [0.2, 0.25) is 0 Å². The third-order valence-corrected chi connectivity index (χ3v) is 5.95. The molecule has 0 unspecified atom stereocenters. The van der Waals surface area contributed by atoms with Crippen LogP contribution in [0.25, 0.3) is 0 Å². The van der Waals surface area contributed by atoms with Crippen LogP contribution in [0.15, 0.2) is 24.3 Å². The zero-order valence-electron chi connectivity index (χ0n) is 16.8. The van der Waals surface area contributed by atoms with Gasteiger partial charge in [-0.15, -0.1) is 11.3 Å². The van der Waals surface area contributed by atoms with Gasteiger partial charge in [0.05, 0.1) is 10.5 Å². The summed E-state index contributed by atoms with van der Waals surface area (Å²) in [6, 6.07) is 5.01. The summed E-state index contributed by atoms with van der Waals surface area (Å²) in [7, 11) is 0. The Morgan fingerprint density at radius 3 is 2.66 bits per heavy atom. The average molecular weight is 460 g/mol. The highest BCUT2D eigenvalue weighted by molar-refractivity contribution is 7.17. The Morgan fingerprint density at radius 2 is 1.94 bits per heavy atom. The monoisotopic (exact) mass is 460 g/mol. The molecule has 1 heterocycles. The van der Waals surface area contributed by atoms with Gasteiger partial charge in [-0.2, -0.15) is 0 Å². The quantitative estimate of drug-likeness (QED) is 0.305. The highest BCUT2D eigenvalue weighted by Crippen LogP contribution is 2.37. The van der Waals surface area contributed by atoms with Gasteiger partial charge in [0.2, 0.25) is 0 Å². The molecule has 0 bridgehead atoms. The Kier molecular flexibility index (Phi) is 7.15. The van der Waals surface area contributed by atoms with E-state index in [1.54, 1.807) is 0 Å². The lowest BCUT2D eigenvalue weighted by atomic mass is 9.95. The Hall–Kier alpha value is -3.80. The molecule has 1 aromatic heterocycles. The number of fused-ring (bicyclic) bond motifs is 1. The number of esters is 1. The van der Waals surface area contributed by atoms with E-state index in [0.29, 0.717) is 10.6 Å². The average Bonchev–Trinajstić information content (AvgIpc) is 3.14. The fourth-order valence-corrected chi connectivity index (χ4v) is 4.60. The van der Waals surface area contributed by atoms with Crippen LogP contribution >= 0.6 is 11.3 Å². The van der Waals surface area contributed by atoms with Gasteiger partial charge in [0.1, 0.15) is 11.5 Å². The van der Waals surface area contributed by atoms with Gasteiger partial charge in [0.15, 0.2) is 6.61 Å². The van der Waals surface area contributed by atoms with E-state index in [1.807, 2.05) is 0 Å². The first-order chi connectivity index (χ1) is 15.3. The van der Waals surface area contributed by atoms with E-state index in [2.05, 4.69) is 10.6 Å². The van der Waals surface area contributed by atoms with Crippen molar-refractivity contribution in [3.05, 3.63) is 55.9 Å². The summed E-state index contributed by atoms with van der Waals surface area (Å²) in [6.07, 6.45) is 3.48. The molecule has 3 rings (SSSR count). The molecule has 168 valence electrons. The fraction of sp³-hybridized carbons (Fsp3) is 0.300. The first kappa shape index (κ1) is 22.9. The maximum Gasteiger partial charge on any atom is 0.325 e. The molecule has 2 aromatic rings. The SMILES string of the molecule is NC(=O)c1c(NC(=O)COC(=O)CNC(=O)c2cccc([N+](=O)[O-])c2)sc2c1CCCC2. The van der Waals surface area contributed by atoms with E-state index < -0.39 is 41.8 Å². The van der Waals surface area contributed by atoms with Crippen molar-refractivity contribution in [1.82, 2.24) is 5.32 Å². The summed E-state index contributed by atoms with van der Waals surface area (Å²) in [4.78, 5) is 59.1. The number of hydrogen-bond donors (Lipinski definition) is 3. The standard InChI is InChI=1S/C20H20N4O7S/c21-18(27)17-13-6-1-2-7-14(13)32-20(17)23-15(25)10-31-16(26)9-22-19(28)11-4-3-5-12(8-11)24(29)30/h3-5,8H,1-2,6-7,9-10H2,(H2,21,27)(H,22,28)(H,23,25). The van der Waals surface area contributed by atoms with Gasteiger partial charge in [-0.05, 0) is 37.3 Å². The second-order valence-electron chi connectivity index (χ2n) is 6.98. The number of benzene rings is 1. The van der Waals surface area contributed by atoms with E-state index in [-0.39, 0.29) is 11.3 Å². The number of anilines is 1. The topological polar surface area (TPSA) is 171 Å². The number of thiophene rings is 1. The minimum atomic E-state index is -0.875. The second kappa shape index (κ2) is 10.0. The van der Waals surface area contributed by atoms with Crippen molar-refractivity contribution in [3.8, 4) is 0 Å². The molecule has 3 amide bonds.